The Balaban J connectivity index is 1.47. The lowest BCUT2D eigenvalue weighted by molar-refractivity contribution is -0.124. The molecule has 3 aromatic rings. The van der Waals surface area contributed by atoms with Crippen LogP contribution in [0.2, 0.25) is 5.02 Å². The SMILES string of the molecule is O=C(/C=C/c1ccc(-c2ccccc2Cl)s1)NCC(=O)NCc1ccco1. The molecule has 0 aliphatic carbocycles. The summed E-state index contributed by atoms with van der Waals surface area (Å²) in [5.74, 6) is 0.0303. The number of hydrogen-bond donors (Lipinski definition) is 2. The highest BCUT2D eigenvalue weighted by Gasteiger charge is 2.06. The molecule has 27 heavy (non-hydrogen) atoms. The third-order valence-electron chi connectivity index (χ3n) is 3.63. The minimum absolute atomic E-state index is 0.0980. The zero-order valence-corrected chi connectivity index (χ0v) is 15.8. The van der Waals surface area contributed by atoms with Crippen molar-refractivity contribution >= 4 is 40.8 Å². The predicted molar refractivity (Wildman–Crippen MR) is 107 cm³/mol. The molecule has 2 aromatic heterocycles. The summed E-state index contributed by atoms with van der Waals surface area (Å²) in [5, 5.41) is 5.89. The quantitative estimate of drug-likeness (QED) is 0.586. The number of hydrogen-bond acceptors (Lipinski definition) is 4. The molecule has 1 aromatic carbocycles. The number of carbonyl (C=O) groups excluding carboxylic acids is 2. The van der Waals surface area contributed by atoms with Gasteiger partial charge in [-0.1, -0.05) is 29.8 Å². The Kier molecular flexibility index (Phi) is 6.46. The molecule has 0 unspecified atom stereocenters. The number of rotatable bonds is 7. The Morgan fingerprint density at radius 2 is 1.93 bits per heavy atom. The molecule has 3 rings (SSSR count). The summed E-state index contributed by atoms with van der Waals surface area (Å²) in [5.41, 5.74) is 0.960. The fourth-order valence-electron chi connectivity index (χ4n) is 2.29. The van der Waals surface area contributed by atoms with Gasteiger partial charge in [-0.25, -0.2) is 0 Å². The fraction of sp³-hybridized carbons (Fsp3) is 0.100. The molecular formula is C20H17ClN2O3S. The van der Waals surface area contributed by atoms with Crippen LogP contribution in [0, 0.1) is 0 Å². The Labute approximate surface area is 165 Å². The largest absolute Gasteiger partial charge is 0.467 e. The van der Waals surface area contributed by atoms with E-state index in [4.69, 9.17) is 16.0 Å². The second kappa shape index (κ2) is 9.21. The zero-order chi connectivity index (χ0) is 19.1. The van der Waals surface area contributed by atoms with Crippen LogP contribution in [0.3, 0.4) is 0 Å². The van der Waals surface area contributed by atoms with Crippen LogP contribution >= 0.6 is 22.9 Å². The van der Waals surface area contributed by atoms with Gasteiger partial charge in [-0.2, -0.15) is 0 Å². The van der Waals surface area contributed by atoms with Crippen LogP contribution in [0.15, 0.2) is 65.3 Å². The molecular weight excluding hydrogens is 384 g/mol. The third kappa shape index (κ3) is 5.57. The summed E-state index contributed by atoms with van der Waals surface area (Å²) in [4.78, 5) is 25.5. The fourth-order valence-corrected chi connectivity index (χ4v) is 3.54. The van der Waals surface area contributed by atoms with E-state index in [9.17, 15) is 9.59 Å². The van der Waals surface area contributed by atoms with Crippen molar-refractivity contribution in [2.75, 3.05) is 6.54 Å². The van der Waals surface area contributed by atoms with E-state index in [1.165, 1.54) is 23.7 Å². The number of halogens is 1. The van der Waals surface area contributed by atoms with E-state index in [2.05, 4.69) is 10.6 Å². The van der Waals surface area contributed by atoms with Crippen LogP contribution in [0.4, 0.5) is 0 Å². The summed E-state index contributed by atoms with van der Waals surface area (Å²) in [7, 11) is 0. The summed E-state index contributed by atoms with van der Waals surface area (Å²) in [6, 6.07) is 15.0. The van der Waals surface area contributed by atoms with Crippen molar-refractivity contribution in [3.8, 4) is 10.4 Å². The van der Waals surface area contributed by atoms with Gasteiger partial charge in [0.25, 0.3) is 0 Å². The normalized spacial score (nSPS) is 10.9. The van der Waals surface area contributed by atoms with Crippen LogP contribution in [0.1, 0.15) is 10.6 Å². The first-order chi connectivity index (χ1) is 13.1. The third-order valence-corrected chi connectivity index (χ3v) is 5.04. The van der Waals surface area contributed by atoms with Crippen molar-refractivity contribution in [2.45, 2.75) is 6.54 Å². The Morgan fingerprint density at radius 1 is 1.07 bits per heavy atom. The van der Waals surface area contributed by atoms with Gasteiger partial charge in [0.2, 0.25) is 11.8 Å². The number of benzene rings is 1. The van der Waals surface area contributed by atoms with Crippen molar-refractivity contribution in [1.82, 2.24) is 10.6 Å². The minimum atomic E-state index is -0.337. The van der Waals surface area contributed by atoms with Gasteiger partial charge in [-0.15, -0.1) is 11.3 Å². The molecule has 0 bridgehead atoms. The molecule has 0 aliphatic heterocycles. The van der Waals surface area contributed by atoms with Gasteiger partial charge in [0.15, 0.2) is 0 Å². The van der Waals surface area contributed by atoms with Crippen molar-refractivity contribution in [1.29, 1.82) is 0 Å². The Bertz CT molecular complexity index is 948. The van der Waals surface area contributed by atoms with E-state index in [1.54, 1.807) is 18.2 Å². The standard InChI is InChI=1S/C20H17ClN2O3S/c21-17-6-2-1-5-16(17)18-9-7-15(27-18)8-10-19(24)23-13-20(25)22-12-14-4-3-11-26-14/h1-11H,12-13H2,(H,22,25)(H,23,24)/b10-8+. The summed E-state index contributed by atoms with van der Waals surface area (Å²) < 4.78 is 5.12. The first kappa shape index (κ1) is 18.9. The second-order valence-electron chi connectivity index (χ2n) is 5.59. The summed E-state index contributed by atoms with van der Waals surface area (Å²) >= 11 is 7.74. The Hall–Kier alpha value is -2.83. The maximum absolute atomic E-state index is 11.9. The lowest BCUT2D eigenvalue weighted by Crippen LogP contribution is -2.35. The monoisotopic (exact) mass is 400 g/mol. The van der Waals surface area contributed by atoms with Crippen molar-refractivity contribution in [3.63, 3.8) is 0 Å². The lowest BCUT2D eigenvalue weighted by atomic mass is 10.2. The van der Waals surface area contributed by atoms with E-state index >= 15 is 0 Å². The highest BCUT2D eigenvalue weighted by atomic mass is 35.5. The van der Waals surface area contributed by atoms with E-state index in [-0.39, 0.29) is 24.9 Å². The lowest BCUT2D eigenvalue weighted by Gasteiger charge is -2.03. The molecule has 2 N–H and O–H groups in total. The summed E-state index contributed by atoms with van der Waals surface area (Å²) in [6.45, 7) is 0.191. The van der Waals surface area contributed by atoms with Crippen LogP contribution in [-0.2, 0) is 16.1 Å². The number of carbonyl (C=O) groups is 2. The first-order valence-electron chi connectivity index (χ1n) is 8.21. The highest BCUT2D eigenvalue weighted by molar-refractivity contribution is 7.16. The highest BCUT2D eigenvalue weighted by Crippen LogP contribution is 2.33. The van der Waals surface area contributed by atoms with E-state index in [1.807, 2.05) is 36.4 Å². The van der Waals surface area contributed by atoms with Gasteiger partial charge in [-0.05, 0) is 36.4 Å². The van der Waals surface area contributed by atoms with Crippen molar-refractivity contribution in [3.05, 3.63) is 76.5 Å². The average Bonchev–Trinajstić information content (AvgIpc) is 3.35. The molecule has 0 spiro atoms. The smallest absolute Gasteiger partial charge is 0.244 e. The molecule has 138 valence electrons. The maximum atomic E-state index is 11.9. The van der Waals surface area contributed by atoms with E-state index in [0.29, 0.717) is 10.8 Å². The van der Waals surface area contributed by atoms with Gasteiger partial charge in [0, 0.05) is 26.4 Å². The van der Waals surface area contributed by atoms with Crippen LogP contribution in [0.25, 0.3) is 16.5 Å². The molecule has 0 atom stereocenters. The van der Waals surface area contributed by atoms with Gasteiger partial charge in [-0.3, -0.25) is 9.59 Å². The number of nitrogens with one attached hydrogen (secondary N) is 2. The molecule has 0 aliphatic rings. The van der Waals surface area contributed by atoms with Crippen LogP contribution in [0.5, 0.6) is 0 Å². The molecule has 0 fully saturated rings. The molecule has 0 saturated carbocycles. The molecule has 0 saturated heterocycles. The minimum Gasteiger partial charge on any atom is -0.467 e. The second-order valence-corrected chi connectivity index (χ2v) is 7.11. The predicted octanol–water partition coefficient (Wildman–Crippen LogP) is 4.11. The topological polar surface area (TPSA) is 71.3 Å². The van der Waals surface area contributed by atoms with Crippen LogP contribution in [-0.4, -0.2) is 18.4 Å². The van der Waals surface area contributed by atoms with Gasteiger partial charge >= 0.3 is 0 Å². The van der Waals surface area contributed by atoms with Gasteiger partial charge < -0.3 is 15.1 Å². The average molecular weight is 401 g/mol. The molecule has 7 heteroatoms. The van der Waals surface area contributed by atoms with Gasteiger partial charge in [0.05, 0.1) is 19.4 Å². The Morgan fingerprint density at radius 3 is 2.70 bits per heavy atom. The summed E-state index contributed by atoms with van der Waals surface area (Å²) in [6.07, 6.45) is 4.65. The number of thiophene rings is 1. The maximum Gasteiger partial charge on any atom is 0.244 e. The first-order valence-corrected chi connectivity index (χ1v) is 9.41. The molecule has 5 nitrogen and oxygen atoms in total. The van der Waals surface area contributed by atoms with Crippen molar-refractivity contribution < 1.29 is 14.0 Å². The molecule has 2 amide bonds. The van der Waals surface area contributed by atoms with E-state index in [0.717, 1.165) is 15.3 Å². The zero-order valence-electron chi connectivity index (χ0n) is 14.3. The van der Waals surface area contributed by atoms with Crippen LogP contribution < -0.4 is 10.6 Å². The van der Waals surface area contributed by atoms with Gasteiger partial charge in [0.1, 0.15) is 5.76 Å². The molecule has 0 radical (unpaired) electrons. The number of amides is 2. The van der Waals surface area contributed by atoms with Crippen molar-refractivity contribution in [2.24, 2.45) is 0 Å². The number of furan rings is 1. The molecule has 2 heterocycles. The van der Waals surface area contributed by atoms with E-state index < -0.39 is 0 Å².